The van der Waals surface area contributed by atoms with Crippen LogP contribution in [-0.4, -0.2) is 48.1 Å². The lowest BCUT2D eigenvalue weighted by Crippen LogP contribution is -2.39. The molecule has 182 valence electrons. The van der Waals surface area contributed by atoms with Gasteiger partial charge in [-0.25, -0.2) is 18.7 Å². The van der Waals surface area contributed by atoms with Crippen molar-refractivity contribution in [1.29, 1.82) is 0 Å². The predicted octanol–water partition coefficient (Wildman–Crippen LogP) is 3.16. The summed E-state index contributed by atoms with van der Waals surface area (Å²) < 4.78 is 38.0. The number of hydrogen-bond donors (Lipinski definition) is 2. The maximum atomic E-state index is 14.0. The molecule has 0 spiro atoms. The second kappa shape index (κ2) is 10.3. The van der Waals surface area contributed by atoms with E-state index in [1.54, 1.807) is 12.1 Å². The van der Waals surface area contributed by atoms with Crippen LogP contribution in [0.3, 0.4) is 0 Å². The minimum absolute atomic E-state index is 0.0110. The van der Waals surface area contributed by atoms with E-state index in [0.29, 0.717) is 37.3 Å². The summed E-state index contributed by atoms with van der Waals surface area (Å²) in [4.78, 5) is 34.7. The van der Waals surface area contributed by atoms with Gasteiger partial charge in [-0.15, -0.1) is 0 Å². The van der Waals surface area contributed by atoms with Crippen molar-refractivity contribution in [3.05, 3.63) is 71.7 Å². The fraction of sp³-hybridized carbons (Fsp3) is 0.250. The molecule has 11 heteroatoms. The average molecular weight is 483 g/mol. The smallest absolute Gasteiger partial charge is 0.267 e. The molecular weight excluding hydrogens is 460 g/mol. The lowest BCUT2D eigenvalue weighted by atomic mass is 10.1. The Hall–Kier alpha value is -4.28. The quantitative estimate of drug-likeness (QED) is 0.530. The van der Waals surface area contributed by atoms with E-state index in [9.17, 15) is 18.4 Å². The number of halogens is 2. The van der Waals surface area contributed by atoms with Gasteiger partial charge in [0.25, 0.3) is 11.8 Å². The van der Waals surface area contributed by atoms with Crippen molar-refractivity contribution in [2.24, 2.45) is 5.73 Å². The van der Waals surface area contributed by atoms with Crippen molar-refractivity contribution in [3.63, 3.8) is 0 Å². The summed E-state index contributed by atoms with van der Waals surface area (Å²) in [5.41, 5.74) is 6.61. The van der Waals surface area contributed by atoms with Gasteiger partial charge in [-0.1, -0.05) is 0 Å². The number of carbonyl (C=O) groups excluding carboxylic acids is 2. The van der Waals surface area contributed by atoms with Crippen LogP contribution in [0.2, 0.25) is 0 Å². The van der Waals surface area contributed by atoms with Crippen molar-refractivity contribution < 1.29 is 27.8 Å². The van der Waals surface area contributed by atoms with Gasteiger partial charge < -0.3 is 25.4 Å². The molecule has 3 heterocycles. The summed E-state index contributed by atoms with van der Waals surface area (Å²) in [5.74, 6) is -2.45. The van der Waals surface area contributed by atoms with Crippen LogP contribution in [0.5, 0.6) is 11.6 Å². The van der Waals surface area contributed by atoms with Crippen LogP contribution in [0.4, 0.5) is 20.2 Å². The highest BCUT2D eigenvalue weighted by Crippen LogP contribution is 2.31. The molecule has 2 aromatic heterocycles. The van der Waals surface area contributed by atoms with Gasteiger partial charge in [-0.2, -0.15) is 0 Å². The Bertz CT molecular complexity index is 1250. The zero-order chi connectivity index (χ0) is 24.9. The van der Waals surface area contributed by atoms with E-state index in [4.69, 9.17) is 15.2 Å². The Morgan fingerprint density at radius 2 is 1.91 bits per heavy atom. The van der Waals surface area contributed by atoms with Crippen LogP contribution in [0, 0.1) is 11.6 Å². The monoisotopic (exact) mass is 483 g/mol. The topological polar surface area (TPSA) is 120 Å². The van der Waals surface area contributed by atoms with Crippen molar-refractivity contribution in [2.45, 2.75) is 18.9 Å². The van der Waals surface area contributed by atoms with Gasteiger partial charge in [-0.3, -0.25) is 9.59 Å². The second-order valence-electron chi connectivity index (χ2n) is 7.84. The number of primary amides is 1. The van der Waals surface area contributed by atoms with Crippen LogP contribution in [-0.2, 0) is 0 Å². The molecule has 0 aliphatic carbocycles. The van der Waals surface area contributed by atoms with Crippen LogP contribution >= 0.6 is 0 Å². The summed E-state index contributed by atoms with van der Waals surface area (Å²) in [7, 11) is 1.41. The Labute approximate surface area is 199 Å². The Morgan fingerprint density at radius 3 is 2.60 bits per heavy atom. The van der Waals surface area contributed by atoms with E-state index in [0.717, 1.165) is 12.1 Å². The van der Waals surface area contributed by atoms with Crippen molar-refractivity contribution in [1.82, 2.24) is 9.97 Å². The number of ether oxygens (including phenoxy) is 2. The lowest BCUT2D eigenvalue weighted by molar-refractivity contribution is 0.0993. The van der Waals surface area contributed by atoms with Gasteiger partial charge in [0.15, 0.2) is 11.6 Å². The number of pyridine rings is 2. The number of piperidine rings is 1. The third-order valence-electron chi connectivity index (χ3n) is 5.56. The molecule has 9 nitrogen and oxygen atoms in total. The van der Waals surface area contributed by atoms with Gasteiger partial charge in [0.05, 0.1) is 24.7 Å². The number of rotatable bonds is 7. The number of anilines is 2. The molecule has 4 rings (SSSR count). The average Bonchev–Trinajstić information content (AvgIpc) is 2.86. The molecule has 1 saturated heterocycles. The SMILES string of the molecule is COc1ncccc1C(=O)Nc1cnc(C(N)=O)cc1N1CCC(Oc2ccc(F)cc2F)CC1. The third kappa shape index (κ3) is 5.45. The molecule has 35 heavy (non-hydrogen) atoms. The first-order valence-electron chi connectivity index (χ1n) is 10.8. The largest absolute Gasteiger partial charge is 0.487 e. The first-order valence-corrected chi connectivity index (χ1v) is 10.8. The molecule has 3 N–H and O–H groups in total. The van der Waals surface area contributed by atoms with Gasteiger partial charge in [0.1, 0.15) is 23.2 Å². The molecule has 0 atom stereocenters. The molecule has 2 amide bonds. The molecular formula is C24H23F2N5O4. The van der Waals surface area contributed by atoms with E-state index in [2.05, 4.69) is 15.3 Å². The molecule has 1 fully saturated rings. The molecule has 0 saturated carbocycles. The number of amides is 2. The fourth-order valence-electron chi connectivity index (χ4n) is 3.82. The van der Waals surface area contributed by atoms with Crippen molar-refractivity contribution in [2.75, 3.05) is 30.4 Å². The molecule has 0 bridgehead atoms. The summed E-state index contributed by atoms with van der Waals surface area (Å²) >= 11 is 0. The van der Waals surface area contributed by atoms with Gasteiger partial charge in [0, 0.05) is 38.2 Å². The van der Waals surface area contributed by atoms with E-state index < -0.39 is 23.4 Å². The second-order valence-corrected chi connectivity index (χ2v) is 7.84. The Balaban J connectivity index is 1.52. The maximum Gasteiger partial charge on any atom is 0.267 e. The normalized spacial score (nSPS) is 13.9. The number of methoxy groups -OCH3 is 1. The number of carbonyl (C=O) groups is 2. The highest BCUT2D eigenvalue weighted by Gasteiger charge is 2.25. The molecule has 3 aromatic rings. The number of benzene rings is 1. The van der Waals surface area contributed by atoms with Crippen LogP contribution < -0.4 is 25.4 Å². The van der Waals surface area contributed by atoms with Gasteiger partial charge >= 0.3 is 0 Å². The first kappa shape index (κ1) is 23.9. The van der Waals surface area contributed by atoms with Crippen LogP contribution in [0.15, 0.2) is 48.8 Å². The lowest BCUT2D eigenvalue weighted by Gasteiger charge is -2.34. The summed E-state index contributed by atoms with van der Waals surface area (Å²) in [6, 6.07) is 7.88. The summed E-state index contributed by atoms with van der Waals surface area (Å²) in [6.07, 6.45) is 3.63. The number of nitrogens with two attached hydrogens (primary N) is 1. The fourth-order valence-corrected chi connectivity index (χ4v) is 3.82. The van der Waals surface area contributed by atoms with E-state index in [-0.39, 0.29) is 29.0 Å². The standard InChI is InChI=1S/C24H23F2N5O4/c1-34-24-16(3-2-8-28-24)23(33)30-19-13-29-18(22(27)32)12-20(19)31-9-6-15(7-10-31)35-21-5-4-14(25)11-17(21)26/h2-5,8,11-13,15H,6-7,9-10H2,1H3,(H2,27,32)(H,30,33). The maximum absolute atomic E-state index is 14.0. The highest BCUT2D eigenvalue weighted by molar-refractivity contribution is 6.07. The number of hydrogen-bond acceptors (Lipinski definition) is 7. The highest BCUT2D eigenvalue weighted by atomic mass is 19.1. The van der Waals surface area contributed by atoms with Gasteiger partial charge in [0.2, 0.25) is 5.88 Å². The van der Waals surface area contributed by atoms with E-state index in [1.165, 1.54) is 31.6 Å². The van der Waals surface area contributed by atoms with Crippen LogP contribution in [0.25, 0.3) is 0 Å². The number of nitrogens with one attached hydrogen (secondary N) is 1. The van der Waals surface area contributed by atoms with Crippen molar-refractivity contribution >= 4 is 23.2 Å². The zero-order valence-electron chi connectivity index (χ0n) is 18.8. The minimum Gasteiger partial charge on any atom is -0.487 e. The van der Waals surface area contributed by atoms with Gasteiger partial charge in [-0.05, 0) is 30.3 Å². The number of nitrogens with zero attached hydrogens (tertiary/aromatic N) is 3. The molecule has 1 aliphatic heterocycles. The third-order valence-corrected chi connectivity index (χ3v) is 5.56. The number of aromatic nitrogens is 2. The van der Waals surface area contributed by atoms with E-state index >= 15 is 0 Å². The molecule has 1 aliphatic rings. The van der Waals surface area contributed by atoms with Crippen LogP contribution in [0.1, 0.15) is 33.7 Å². The summed E-state index contributed by atoms with van der Waals surface area (Å²) in [6.45, 7) is 0.962. The van der Waals surface area contributed by atoms with E-state index in [1.807, 2.05) is 4.90 Å². The predicted molar refractivity (Wildman–Crippen MR) is 124 cm³/mol. The Morgan fingerprint density at radius 1 is 1.14 bits per heavy atom. The molecule has 0 radical (unpaired) electrons. The summed E-state index contributed by atoms with van der Waals surface area (Å²) in [5, 5.41) is 2.80. The first-order chi connectivity index (χ1) is 16.9. The Kier molecular flexibility index (Phi) is 7.04. The molecule has 0 unspecified atom stereocenters. The molecule has 1 aromatic carbocycles. The minimum atomic E-state index is -0.761. The van der Waals surface area contributed by atoms with Crippen molar-refractivity contribution in [3.8, 4) is 11.6 Å². The zero-order valence-corrected chi connectivity index (χ0v) is 18.8.